The van der Waals surface area contributed by atoms with Gasteiger partial charge in [-0.05, 0) is 48.9 Å². The second kappa shape index (κ2) is 7.46. The molecule has 0 bridgehead atoms. The number of carbonyl (C=O) groups is 2. The standard InChI is InChI=1S/C20H20N4O2S/c1-12-2-7-15-17(10-12)27-20(24-15)13-3-5-14(6-4-13)23-18(25)11-16-19(26)22-9-8-21-16/h2-7,10,16,21H,8-9,11H2,1H3,(H,22,26)(H,23,25)/p+1/t16-/m1/s1. The van der Waals surface area contributed by atoms with Gasteiger partial charge in [0.2, 0.25) is 5.91 Å². The summed E-state index contributed by atoms with van der Waals surface area (Å²) in [6.45, 7) is 3.54. The van der Waals surface area contributed by atoms with Crippen LogP contribution in [0.4, 0.5) is 5.69 Å². The van der Waals surface area contributed by atoms with E-state index in [2.05, 4.69) is 34.7 Å². The minimum Gasteiger partial charge on any atom is -0.345 e. The molecule has 138 valence electrons. The van der Waals surface area contributed by atoms with Gasteiger partial charge in [-0.15, -0.1) is 11.3 Å². The molecule has 1 aromatic heterocycles. The Balaban J connectivity index is 1.43. The monoisotopic (exact) mass is 381 g/mol. The molecule has 0 radical (unpaired) electrons. The van der Waals surface area contributed by atoms with Gasteiger partial charge >= 0.3 is 0 Å². The highest BCUT2D eigenvalue weighted by Crippen LogP contribution is 2.31. The first-order chi connectivity index (χ1) is 13.1. The number of nitrogens with one attached hydrogen (secondary N) is 2. The molecule has 0 aliphatic carbocycles. The van der Waals surface area contributed by atoms with Gasteiger partial charge in [-0.1, -0.05) is 6.07 Å². The van der Waals surface area contributed by atoms with Crippen molar-refractivity contribution >= 4 is 39.1 Å². The van der Waals surface area contributed by atoms with Gasteiger partial charge in [0.1, 0.15) is 5.01 Å². The van der Waals surface area contributed by atoms with Crippen LogP contribution in [-0.2, 0) is 9.59 Å². The van der Waals surface area contributed by atoms with E-state index < -0.39 is 0 Å². The summed E-state index contributed by atoms with van der Waals surface area (Å²) in [6.07, 6.45) is 0.171. The summed E-state index contributed by atoms with van der Waals surface area (Å²) in [5.74, 6) is -0.227. The quantitative estimate of drug-likeness (QED) is 0.642. The number of hydrogen-bond acceptors (Lipinski definition) is 4. The Bertz CT molecular complexity index is 997. The van der Waals surface area contributed by atoms with Gasteiger partial charge in [0.05, 0.1) is 29.7 Å². The summed E-state index contributed by atoms with van der Waals surface area (Å²) < 4.78 is 1.17. The fourth-order valence-electron chi connectivity index (χ4n) is 3.16. The number of hydrogen-bond donors (Lipinski definition) is 3. The molecule has 4 N–H and O–H groups in total. The van der Waals surface area contributed by atoms with Crippen LogP contribution in [0.25, 0.3) is 20.8 Å². The second-order valence-electron chi connectivity index (χ2n) is 6.74. The van der Waals surface area contributed by atoms with Crippen LogP contribution in [0.15, 0.2) is 42.5 Å². The van der Waals surface area contributed by atoms with Crippen LogP contribution in [0, 0.1) is 6.92 Å². The maximum Gasteiger partial charge on any atom is 0.278 e. The molecule has 0 saturated carbocycles. The normalized spacial score (nSPS) is 16.9. The predicted molar refractivity (Wildman–Crippen MR) is 107 cm³/mol. The highest BCUT2D eigenvalue weighted by Gasteiger charge is 2.27. The average molecular weight is 381 g/mol. The molecule has 4 rings (SSSR count). The van der Waals surface area contributed by atoms with E-state index in [4.69, 9.17) is 0 Å². The zero-order valence-corrected chi connectivity index (χ0v) is 15.8. The van der Waals surface area contributed by atoms with Crippen molar-refractivity contribution in [3.8, 4) is 10.6 Å². The van der Waals surface area contributed by atoms with Crippen LogP contribution < -0.4 is 16.0 Å². The lowest BCUT2D eigenvalue weighted by Crippen LogP contribution is -2.96. The number of anilines is 1. The summed E-state index contributed by atoms with van der Waals surface area (Å²) in [6, 6.07) is 13.6. The first kappa shape index (κ1) is 17.6. The topological polar surface area (TPSA) is 87.7 Å². The number of aryl methyl sites for hydroxylation is 1. The Morgan fingerprint density at radius 1 is 1.30 bits per heavy atom. The van der Waals surface area contributed by atoms with E-state index in [1.54, 1.807) is 11.3 Å². The van der Waals surface area contributed by atoms with Gasteiger partial charge in [-0.2, -0.15) is 0 Å². The third-order valence-electron chi connectivity index (χ3n) is 4.60. The Morgan fingerprint density at radius 3 is 2.89 bits per heavy atom. The number of amides is 2. The lowest BCUT2D eigenvalue weighted by molar-refractivity contribution is -0.678. The summed E-state index contributed by atoms with van der Waals surface area (Å²) in [5.41, 5.74) is 3.96. The van der Waals surface area contributed by atoms with Gasteiger partial charge in [0.15, 0.2) is 6.04 Å². The number of nitrogens with two attached hydrogens (primary N) is 1. The maximum atomic E-state index is 12.2. The molecule has 2 amide bonds. The van der Waals surface area contributed by atoms with Crippen LogP contribution in [0.5, 0.6) is 0 Å². The number of aromatic nitrogens is 1. The molecule has 0 spiro atoms. The van der Waals surface area contributed by atoms with Crippen LogP contribution in [0.2, 0.25) is 0 Å². The van der Waals surface area contributed by atoms with Crippen molar-refractivity contribution in [2.45, 2.75) is 19.4 Å². The van der Waals surface area contributed by atoms with E-state index in [-0.39, 0.29) is 24.3 Å². The summed E-state index contributed by atoms with van der Waals surface area (Å²) in [7, 11) is 0. The van der Waals surface area contributed by atoms with Crippen molar-refractivity contribution in [3.63, 3.8) is 0 Å². The Labute approximate surface area is 161 Å². The van der Waals surface area contributed by atoms with E-state index in [1.807, 2.05) is 35.6 Å². The van der Waals surface area contributed by atoms with Crippen molar-refractivity contribution in [1.82, 2.24) is 10.3 Å². The first-order valence-electron chi connectivity index (χ1n) is 8.97. The van der Waals surface area contributed by atoms with Crippen LogP contribution in [0.1, 0.15) is 12.0 Å². The van der Waals surface area contributed by atoms with Crippen molar-refractivity contribution < 1.29 is 14.9 Å². The molecule has 2 heterocycles. The molecule has 6 nitrogen and oxygen atoms in total. The van der Waals surface area contributed by atoms with E-state index in [0.717, 1.165) is 28.3 Å². The highest BCUT2D eigenvalue weighted by molar-refractivity contribution is 7.21. The Morgan fingerprint density at radius 2 is 2.11 bits per heavy atom. The van der Waals surface area contributed by atoms with Crippen molar-refractivity contribution in [2.24, 2.45) is 0 Å². The van der Waals surface area contributed by atoms with Crippen molar-refractivity contribution in [2.75, 3.05) is 18.4 Å². The largest absolute Gasteiger partial charge is 0.345 e. The fraction of sp³-hybridized carbons (Fsp3) is 0.250. The smallest absolute Gasteiger partial charge is 0.278 e. The Kier molecular flexibility index (Phi) is 4.87. The van der Waals surface area contributed by atoms with Crippen LogP contribution >= 0.6 is 11.3 Å². The molecule has 0 unspecified atom stereocenters. The first-order valence-corrected chi connectivity index (χ1v) is 9.79. The molecule has 1 aliphatic heterocycles. The van der Waals surface area contributed by atoms with Gasteiger partial charge in [-0.3, -0.25) is 9.59 Å². The zero-order chi connectivity index (χ0) is 18.8. The molecule has 2 aromatic carbocycles. The molecule has 1 saturated heterocycles. The molecule has 7 heteroatoms. The number of quaternary nitrogens is 1. The molecule has 3 aromatic rings. The predicted octanol–water partition coefficient (Wildman–Crippen LogP) is 1.66. The summed E-state index contributed by atoms with van der Waals surface area (Å²) >= 11 is 1.66. The number of carbonyl (C=O) groups excluding carboxylic acids is 2. The van der Waals surface area contributed by atoms with Crippen molar-refractivity contribution in [1.29, 1.82) is 0 Å². The van der Waals surface area contributed by atoms with Gasteiger partial charge in [0.25, 0.3) is 5.91 Å². The minimum atomic E-state index is -0.343. The van der Waals surface area contributed by atoms with Gasteiger partial charge in [-0.25, -0.2) is 4.98 Å². The van der Waals surface area contributed by atoms with Crippen LogP contribution in [-0.4, -0.2) is 35.9 Å². The lowest BCUT2D eigenvalue weighted by atomic mass is 10.1. The van der Waals surface area contributed by atoms with E-state index >= 15 is 0 Å². The second-order valence-corrected chi connectivity index (χ2v) is 7.77. The van der Waals surface area contributed by atoms with Crippen molar-refractivity contribution in [3.05, 3.63) is 48.0 Å². The summed E-state index contributed by atoms with van der Waals surface area (Å²) in [4.78, 5) is 28.6. The van der Waals surface area contributed by atoms with Crippen LogP contribution in [0.3, 0.4) is 0 Å². The van der Waals surface area contributed by atoms with E-state index in [1.165, 1.54) is 10.3 Å². The maximum absolute atomic E-state index is 12.2. The number of piperazine rings is 1. The molecule has 27 heavy (non-hydrogen) atoms. The number of benzene rings is 2. The minimum absolute atomic E-state index is 0.0715. The van der Waals surface area contributed by atoms with E-state index in [9.17, 15) is 9.59 Å². The SMILES string of the molecule is Cc1ccc2nc(-c3ccc(NC(=O)C[C@H]4[NH2+]CCNC4=O)cc3)sc2c1. The molecular weight excluding hydrogens is 360 g/mol. The third kappa shape index (κ3) is 3.99. The molecular formula is C20H21N4O2S+. The van der Waals surface area contributed by atoms with Gasteiger partial charge < -0.3 is 16.0 Å². The molecule has 1 atom stereocenters. The lowest BCUT2D eigenvalue weighted by Gasteiger charge is -2.19. The zero-order valence-electron chi connectivity index (χ0n) is 15.0. The fourth-order valence-corrected chi connectivity index (χ4v) is 4.23. The van der Waals surface area contributed by atoms with E-state index in [0.29, 0.717) is 6.54 Å². The third-order valence-corrected chi connectivity index (χ3v) is 5.66. The molecule has 1 aliphatic rings. The summed E-state index contributed by atoms with van der Waals surface area (Å²) in [5, 5.41) is 8.53. The van der Waals surface area contributed by atoms with Gasteiger partial charge in [0, 0.05) is 11.3 Å². The average Bonchev–Trinajstić information content (AvgIpc) is 3.07. The number of nitrogens with zero attached hydrogens (tertiary/aromatic N) is 1. The number of fused-ring (bicyclic) bond motifs is 1. The molecule has 1 fully saturated rings. The number of thiazole rings is 1. The highest BCUT2D eigenvalue weighted by atomic mass is 32.1. The number of rotatable bonds is 4. The Hall–Kier alpha value is -2.77.